The molecule has 0 unspecified atom stereocenters. The zero-order valence-corrected chi connectivity index (χ0v) is 9.88. The van der Waals surface area contributed by atoms with Gasteiger partial charge >= 0.3 is 5.97 Å². The molecule has 0 atom stereocenters. The molecular weight excluding hydrogens is 226 g/mol. The fourth-order valence-electron chi connectivity index (χ4n) is 1.86. The van der Waals surface area contributed by atoms with Crippen molar-refractivity contribution < 1.29 is 14.3 Å². The summed E-state index contributed by atoms with van der Waals surface area (Å²) in [5.74, 6) is 0.275. The third-order valence-electron chi connectivity index (χ3n) is 2.81. The van der Waals surface area contributed by atoms with Crippen molar-refractivity contribution in [3.63, 3.8) is 0 Å². The monoisotopic (exact) mass is 239 g/mol. The van der Waals surface area contributed by atoms with E-state index in [1.54, 1.807) is 5.38 Å². The van der Waals surface area contributed by atoms with E-state index in [0.29, 0.717) is 30.2 Å². The normalized spacial score (nSPS) is 17.4. The van der Waals surface area contributed by atoms with Crippen molar-refractivity contribution >= 4 is 23.1 Å². The molecule has 4 nitrogen and oxygen atoms in total. The molecule has 1 aliphatic rings. The number of carbonyl (C=O) groups excluding carboxylic acids is 2. The lowest BCUT2D eigenvalue weighted by Gasteiger charge is -2.18. The molecule has 0 saturated heterocycles. The highest BCUT2D eigenvalue weighted by Gasteiger charge is 2.23. The Bertz CT molecular complexity index is 403. The van der Waals surface area contributed by atoms with Crippen molar-refractivity contribution in [2.75, 3.05) is 7.11 Å². The fourth-order valence-corrected chi connectivity index (χ4v) is 2.82. The third-order valence-corrected chi connectivity index (χ3v) is 3.82. The number of nitrogens with zero attached hydrogens (tertiary/aromatic N) is 1. The maximum absolute atomic E-state index is 11.2. The number of hydrogen-bond acceptors (Lipinski definition) is 5. The van der Waals surface area contributed by atoms with Crippen LogP contribution in [0.5, 0.6) is 0 Å². The zero-order valence-electron chi connectivity index (χ0n) is 9.06. The number of ether oxygens (including phenoxy) is 1. The first kappa shape index (κ1) is 11.3. The van der Waals surface area contributed by atoms with Crippen LogP contribution in [0.1, 0.15) is 47.1 Å². The first-order valence-corrected chi connectivity index (χ1v) is 6.14. The Kier molecular flexibility index (Phi) is 3.33. The van der Waals surface area contributed by atoms with Crippen molar-refractivity contribution in [2.24, 2.45) is 0 Å². The Hall–Kier alpha value is -1.23. The molecule has 16 heavy (non-hydrogen) atoms. The Morgan fingerprint density at radius 2 is 2.19 bits per heavy atom. The highest BCUT2D eigenvalue weighted by Crippen LogP contribution is 2.32. The molecule has 1 fully saturated rings. The molecule has 86 valence electrons. The molecule has 0 aliphatic heterocycles. The summed E-state index contributed by atoms with van der Waals surface area (Å²) in [5, 5.41) is 2.67. The number of carbonyl (C=O) groups is 2. The summed E-state index contributed by atoms with van der Waals surface area (Å²) < 4.78 is 4.61. The highest BCUT2D eigenvalue weighted by atomic mass is 32.1. The van der Waals surface area contributed by atoms with E-state index >= 15 is 0 Å². The summed E-state index contributed by atoms with van der Waals surface area (Å²) in [6.07, 6.45) is 2.98. The van der Waals surface area contributed by atoms with Crippen LogP contribution in [0.15, 0.2) is 5.38 Å². The van der Waals surface area contributed by atoms with E-state index in [1.165, 1.54) is 18.4 Å². The van der Waals surface area contributed by atoms with Gasteiger partial charge in [0.2, 0.25) is 0 Å². The van der Waals surface area contributed by atoms with Crippen LogP contribution in [0.2, 0.25) is 0 Å². The van der Waals surface area contributed by atoms with E-state index in [0.717, 1.165) is 17.8 Å². The molecule has 1 aromatic rings. The number of hydrogen-bond donors (Lipinski definition) is 0. The lowest BCUT2D eigenvalue weighted by Crippen LogP contribution is -2.12. The van der Waals surface area contributed by atoms with Gasteiger partial charge < -0.3 is 4.74 Å². The SMILES string of the molecule is COC(=O)c1csc(C2CCC(=O)CC2)n1. The van der Waals surface area contributed by atoms with Crippen molar-refractivity contribution in [2.45, 2.75) is 31.6 Å². The average Bonchev–Trinajstić information content (AvgIpc) is 2.78. The molecule has 2 rings (SSSR count). The summed E-state index contributed by atoms with van der Waals surface area (Å²) in [7, 11) is 1.35. The van der Waals surface area contributed by atoms with Gasteiger partial charge in [0.15, 0.2) is 5.69 Å². The number of Topliss-reactive ketones (excluding diaryl/α,β-unsaturated/α-hetero) is 1. The molecule has 0 aromatic carbocycles. The van der Waals surface area contributed by atoms with E-state index in [9.17, 15) is 9.59 Å². The maximum atomic E-state index is 11.2. The lowest BCUT2D eigenvalue weighted by molar-refractivity contribution is -0.120. The van der Waals surface area contributed by atoms with E-state index < -0.39 is 5.97 Å². The summed E-state index contributed by atoms with van der Waals surface area (Å²) in [6.45, 7) is 0. The standard InChI is InChI=1S/C11H13NO3S/c1-15-11(14)9-6-16-10(12-9)7-2-4-8(13)5-3-7/h6-7H,2-5H2,1H3. The molecule has 0 N–H and O–H groups in total. The number of aromatic nitrogens is 1. The van der Waals surface area contributed by atoms with Crippen LogP contribution < -0.4 is 0 Å². The average molecular weight is 239 g/mol. The zero-order chi connectivity index (χ0) is 11.5. The van der Waals surface area contributed by atoms with Gasteiger partial charge in [-0.15, -0.1) is 11.3 Å². The largest absolute Gasteiger partial charge is 0.464 e. The van der Waals surface area contributed by atoms with Crippen molar-refractivity contribution in [1.82, 2.24) is 4.98 Å². The van der Waals surface area contributed by atoms with Gasteiger partial charge in [0.05, 0.1) is 12.1 Å². The molecule has 0 radical (unpaired) electrons. The van der Waals surface area contributed by atoms with Crippen molar-refractivity contribution in [3.05, 3.63) is 16.1 Å². The second-order valence-corrected chi connectivity index (χ2v) is 4.77. The Labute approximate surface area is 97.6 Å². The van der Waals surface area contributed by atoms with E-state index in [2.05, 4.69) is 9.72 Å². The predicted molar refractivity (Wildman–Crippen MR) is 59.7 cm³/mol. The highest BCUT2D eigenvalue weighted by molar-refractivity contribution is 7.09. The van der Waals surface area contributed by atoms with Crippen LogP contribution in [0.25, 0.3) is 0 Å². The molecule has 0 spiro atoms. The molecule has 1 saturated carbocycles. The number of esters is 1. The van der Waals surface area contributed by atoms with Gasteiger partial charge in [-0.2, -0.15) is 0 Å². The summed E-state index contributed by atoms with van der Waals surface area (Å²) in [4.78, 5) is 26.6. The maximum Gasteiger partial charge on any atom is 0.357 e. The lowest BCUT2D eigenvalue weighted by atomic mass is 9.89. The molecule has 1 aromatic heterocycles. The van der Waals surface area contributed by atoms with Gasteiger partial charge in [-0.1, -0.05) is 0 Å². The number of methoxy groups -OCH3 is 1. The van der Waals surface area contributed by atoms with Gasteiger partial charge in [-0.3, -0.25) is 4.79 Å². The molecule has 1 aliphatic carbocycles. The minimum absolute atomic E-state index is 0.334. The molecule has 5 heteroatoms. The topological polar surface area (TPSA) is 56.3 Å². The fraction of sp³-hybridized carbons (Fsp3) is 0.545. The second-order valence-electron chi connectivity index (χ2n) is 3.88. The second kappa shape index (κ2) is 4.74. The Morgan fingerprint density at radius 3 is 2.81 bits per heavy atom. The van der Waals surface area contributed by atoms with Gasteiger partial charge in [0.1, 0.15) is 5.78 Å². The minimum Gasteiger partial charge on any atom is -0.464 e. The number of rotatable bonds is 2. The molecule has 1 heterocycles. The quantitative estimate of drug-likeness (QED) is 0.742. The number of ketones is 1. The van der Waals surface area contributed by atoms with E-state index in [1.807, 2.05) is 0 Å². The van der Waals surface area contributed by atoms with Crippen molar-refractivity contribution in [3.8, 4) is 0 Å². The predicted octanol–water partition coefficient (Wildman–Crippen LogP) is 2.16. The Balaban J connectivity index is 2.07. The van der Waals surface area contributed by atoms with Gasteiger partial charge in [-0.25, -0.2) is 9.78 Å². The third kappa shape index (κ3) is 2.29. The van der Waals surface area contributed by atoms with Crippen LogP contribution in [0, 0.1) is 0 Å². The Morgan fingerprint density at radius 1 is 1.50 bits per heavy atom. The van der Waals surface area contributed by atoms with E-state index in [-0.39, 0.29) is 0 Å². The van der Waals surface area contributed by atoms with Crippen LogP contribution in [-0.2, 0) is 9.53 Å². The minimum atomic E-state index is -0.394. The summed E-state index contributed by atoms with van der Waals surface area (Å²) in [6, 6.07) is 0. The van der Waals surface area contributed by atoms with Crippen LogP contribution in [0.3, 0.4) is 0 Å². The van der Waals surface area contributed by atoms with Gasteiger partial charge in [0.25, 0.3) is 0 Å². The van der Waals surface area contributed by atoms with Gasteiger partial charge in [0, 0.05) is 24.1 Å². The first-order chi connectivity index (χ1) is 7.70. The number of thiazole rings is 1. The molecule has 0 amide bonds. The van der Waals surface area contributed by atoms with E-state index in [4.69, 9.17) is 0 Å². The van der Waals surface area contributed by atoms with Crippen molar-refractivity contribution in [1.29, 1.82) is 0 Å². The summed E-state index contributed by atoms with van der Waals surface area (Å²) in [5.41, 5.74) is 0.374. The smallest absolute Gasteiger partial charge is 0.357 e. The molecular formula is C11H13NO3S. The first-order valence-electron chi connectivity index (χ1n) is 5.26. The molecule has 0 bridgehead atoms. The van der Waals surface area contributed by atoms with Crippen LogP contribution in [0.4, 0.5) is 0 Å². The van der Waals surface area contributed by atoms with Crippen LogP contribution in [-0.4, -0.2) is 23.8 Å². The van der Waals surface area contributed by atoms with Gasteiger partial charge in [-0.05, 0) is 12.8 Å². The summed E-state index contributed by atoms with van der Waals surface area (Å²) >= 11 is 1.48. The van der Waals surface area contributed by atoms with Crippen LogP contribution >= 0.6 is 11.3 Å².